The molecule has 2 aromatic heterocycles. The minimum Gasteiger partial charge on any atom is -0.490 e. The van der Waals surface area contributed by atoms with Gasteiger partial charge in [-0.2, -0.15) is 0 Å². The number of furan rings is 1. The minimum absolute atomic E-state index is 0.0592. The smallest absolute Gasteiger partial charge is 0.233 e. The van der Waals surface area contributed by atoms with Crippen LogP contribution in [-0.2, 0) is 11.8 Å². The SMILES string of the molecule is Cc1occc1-c1nnc(SCC(=O)N2CCC[C@H]2c2ccc3c(c2)OCCCO3)n1C. The molecule has 0 aliphatic carbocycles. The molecule has 0 N–H and O–H groups in total. The van der Waals surface area contributed by atoms with Gasteiger partial charge in [0.05, 0.1) is 36.8 Å². The predicted octanol–water partition coefficient (Wildman–Crippen LogP) is 4.00. The summed E-state index contributed by atoms with van der Waals surface area (Å²) in [6.45, 7) is 3.98. The topological polar surface area (TPSA) is 82.6 Å². The van der Waals surface area contributed by atoms with Gasteiger partial charge in [0.25, 0.3) is 0 Å². The first-order valence-electron chi connectivity index (χ1n) is 10.9. The van der Waals surface area contributed by atoms with Crippen molar-refractivity contribution >= 4 is 17.7 Å². The molecule has 168 valence electrons. The zero-order valence-electron chi connectivity index (χ0n) is 18.2. The fraction of sp³-hybridized carbons (Fsp3) is 0.435. The fourth-order valence-electron chi connectivity index (χ4n) is 4.30. The molecule has 1 amide bonds. The van der Waals surface area contributed by atoms with Crippen molar-refractivity contribution in [3.05, 3.63) is 41.9 Å². The molecule has 2 aliphatic heterocycles. The molecule has 1 aromatic carbocycles. The van der Waals surface area contributed by atoms with Gasteiger partial charge >= 0.3 is 0 Å². The number of carbonyl (C=O) groups is 1. The van der Waals surface area contributed by atoms with Crippen LogP contribution >= 0.6 is 11.8 Å². The maximum atomic E-state index is 13.1. The molecule has 1 atom stereocenters. The highest BCUT2D eigenvalue weighted by atomic mass is 32.2. The van der Waals surface area contributed by atoms with Gasteiger partial charge in [-0.05, 0) is 43.5 Å². The normalized spacial score (nSPS) is 18.1. The third-order valence-corrected chi connectivity index (χ3v) is 6.99. The summed E-state index contributed by atoms with van der Waals surface area (Å²) in [5, 5.41) is 9.27. The van der Waals surface area contributed by atoms with Crippen LogP contribution in [0.3, 0.4) is 0 Å². The van der Waals surface area contributed by atoms with Crippen LogP contribution in [0.1, 0.15) is 36.6 Å². The number of fused-ring (bicyclic) bond motifs is 1. The van der Waals surface area contributed by atoms with Gasteiger partial charge in [0.1, 0.15) is 5.76 Å². The number of amides is 1. The van der Waals surface area contributed by atoms with E-state index in [1.165, 1.54) is 11.8 Å². The molecule has 0 bridgehead atoms. The lowest BCUT2D eigenvalue weighted by Gasteiger charge is -2.25. The monoisotopic (exact) mass is 454 g/mol. The molecule has 4 heterocycles. The molecular weight excluding hydrogens is 428 g/mol. The number of nitrogens with zero attached hydrogens (tertiary/aromatic N) is 4. The van der Waals surface area contributed by atoms with Crippen molar-refractivity contribution in [3.63, 3.8) is 0 Å². The second kappa shape index (κ2) is 8.90. The van der Waals surface area contributed by atoms with Crippen LogP contribution in [0, 0.1) is 6.92 Å². The maximum absolute atomic E-state index is 13.1. The molecule has 0 unspecified atom stereocenters. The molecule has 1 fully saturated rings. The number of carbonyl (C=O) groups excluding carboxylic acids is 1. The zero-order valence-corrected chi connectivity index (χ0v) is 19.1. The Labute approximate surface area is 190 Å². The maximum Gasteiger partial charge on any atom is 0.233 e. The molecule has 0 radical (unpaired) electrons. The Morgan fingerprint density at radius 3 is 2.81 bits per heavy atom. The average molecular weight is 455 g/mol. The summed E-state index contributed by atoms with van der Waals surface area (Å²) in [5.41, 5.74) is 2.01. The molecule has 0 saturated carbocycles. The highest BCUT2D eigenvalue weighted by Gasteiger charge is 2.31. The van der Waals surface area contributed by atoms with E-state index in [0.29, 0.717) is 24.1 Å². The number of aromatic nitrogens is 3. The Balaban J connectivity index is 1.27. The van der Waals surface area contributed by atoms with Crippen molar-refractivity contribution in [2.75, 3.05) is 25.5 Å². The van der Waals surface area contributed by atoms with Crippen LogP contribution in [0.4, 0.5) is 0 Å². The lowest BCUT2D eigenvalue weighted by molar-refractivity contribution is -0.129. The van der Waals surface area contributed by atoms with Crippen LogP contribution < -0.4 is 9.47 Å². The first-order valence-corrected chi connectivity index (χ1v) is 11.9. The molecule has 32 heavy (non-hydrogen) atoms. The third-order valence-electron chi connectivity index (χ3n) is 5.99. The first-order chi connectivity index (χ1) is 15.6. The molecule has 1 saturated heterocycles. The van der Waals surface area contributed by atoms with Crippen molar-refractivity contribution in [2.45, 2.75) is 37.4 Å². The molecule has 5 rings (SSSR count). The second-order valence-corrected chi connectivity index (χ2v) is 8.99. The van der Waals surface area contributed by atoms with E-state index in [1.807, 2.05) is 41.6 Å². The van der Waals surface area contributed by atoms with E-state index in [-0.39, 0.29) is 11.9 Å². The van der Waals surface area contributed by atoms with Gasteiger partial charge in [-0.3, -0.25) is 4.79 Å². The minimum atomic E-state index is 0.0592. The number of rotatable bonds is 5. The Hall–Kier alpha value is -2.94. The summed E-state index contributed by atoms with van der Waals surface area (Å²) in [6.07, 6.45) is 4.45. The Bertz CT molecular complexity index is 1130. The summed E-state index contributed by atoms with van der Waals surface area (Å²) in [7, 11) is 1.91. The van der Waals surface area contributed by atoms with Crippen molar-refractivity contribution in [3.8, 4) is 22.9 Å². The van der Waals surface area contributed by atoms with Crippen molar-refractivity contribution in [1.29, 1.82) is 0 Å². The van der Waals surface area contributed by atoms with Crippen LogP contribution in [0.5, 0.6) is 11.5 Å². The molecular formula is C23H26N4O4S. The second-order valence-electron chi connectivity index (χ2n) is 8.05. The Morgan fingerprint density at radius 2 is 2.00 bits per heavy atom. The highest BCUT2D eigenvalue weighted by molar-refractivity contribution is 7.99. The highest BCUT2D eigenvalue weighted by Crippen LogP contribution is 2.38. The molecule has 9 heteroatoms. The third kappa shape index (κ3) is 3.97. The van der Waals surface area contributed by atoms with Gasteiger partial charge in [-0.15, -0.1) is 10.2 Å². The van der Waals surface area contributed by atoms with E-state index in [1.54, 1.807) is 6.26 Å². The first kappa shape index (κ1) is 20.9. The molecule has 3 aromatic rings. The number of ether oxygens (including phenoxy) is 2. The Morgan fingerprint density at radius 1 is 1.16 bits per heavy atom. The van der Waals surface area contributed by atoms with Gasteiger partial charge in [0, 0.05) is 20.0 Å². The summed E-state index contributed by atoms with van der Waals surface area (Å²) < 4.78 is 18.9. The van der Waals surface area contributed by atoms with E-state index in [2.05, 4.69) is 16.3 Å². The number of benzene rings is 1. The number of hydrogen-bond acceptors (Lipinski definition) is 7. The van der Waals surface area contributed by atoms with E-state index in [9.17, 15) is 4.79 Å². The quantitative estimate of drug-likeness (QED) is 0.539. The van der Waals surface area contributed by atoms with E-state index >= 15 is 0 Å². The fourth-order valence-corrected chi connectivity index (χ4v) is 5.10. The number of hydrogen-bond donors (Lipinski definition) is 0. The number of thioether (sulfide) groups is 1. The van der Waals surface area contributed by atoms with Gasteiger partial charge in [0.2, 0.25) is 5.91 Å². The van der Waals surface area contributed by atoms with Gasteiger partial charge in [-0.1, -0.05) is 17.8 Å². The summed E-state index contributed by atoms with van der Waals surface area (Å²) in [5.74, 6) is 3.50. The zero-order chi connectivity index (χ0) is 22.1. The van der Waals surface area contributed by atoms with Crippen molar-refractivity contribution in [1.82, 2.24) is 19.7 Å². The van der Waals surface area contributed by atoms with Crippen LogP contribution in [0.25, 0.3) is 11.4 Å². The van der Waals surface area contributed by atoms with Gasteiger partial charge in [-0.25, -0.2) is 0 Å². The summed E-state index contributed by atoms with van der Waals surface area (Å²) >= 11 is 1.41. The van der Waals surface area contributed by atoms with E-state index < -0.39 is 0 Å². The predicted molar refractivity (Wildman–Crippen MR) is 120 cm³/mol. The summed E-state index contributed by atoms with van der Waals surface area (Å²) in [4.78, 5) is 15.1. The van der Waals surface area contributed by atoms with E-state index in [0.717, 1.165) is 60.0 Å². The van der Waals surface area contributed by atoms with Crippen LogP contribution in [0.2, 0.25) is 0 Å². The molecule has 2 aliphatic rings. The summed E-state index contributed by atoms with van der Waals surface area (Å²) in [6, 6.07) is 7.99. The standard InChI is InChI=1S/C23H26N4O4S/c1-15-17(8-12-29-15)22-24-25-23(26(22)2)32-14-21(28)27-9-3-5-18(27)16-6-7-19-20(13-16)31-11-4-10-30-19/h6-8,12-13,18H,3-5,9-11,14H2,1-2H3/t18-/m0/s1. The van der Waals surface area contributed by atoms with Crippen LogP contribution in [-0.4, -0.2) is 51.1 Å². The number of likely N-dealkylation sites (tertiary alicyclic amines) is 1. The van der Waals surface area contributed by atoms with Gasteiger partial charge in [0.15, 0.2) is 22.5 Å². The lowest BCUT2D eigenvalue weighted by Crippen LogP contribution is -2.32. The van der Waals surface area contributed by atoms with Crippen LogP contribution in [0.15, 0.2) is 40.1 Å². The number of aryl methyl sites for hydroxylation is 1. The Kier molecular flexibility index (Phi) is 5.82. The lowest BCUT2D eigenvalue weighted by atomic mass is 10.0. The van der Waals surface area contributed by atoms with Gasteiger partial charge < -0.3 is 23.4 Å². The van der Waals surface area contributed by atoms with Crippen molar-refractivity contribution < 1.29 is 18.7 Å². The average Bonchev–Trinajstić information content (AvgIpc) is 3.49. The van der Waals surface area contributed by atoms with Crippen molar-refractivity contribution in [2.24, 2.45) is 7.05 Å². The largest absolute Gasteiger partial charge is 0.490 e. The van der Waals surface area contributed by atoms with E-state index in [4.69, 9.17) is 13.9 Å². The molecule has 8 nitrogen and oxygen atoms in total. The molecule has 0 spiro atoms.